The van der Waals surface area contributed by atoms with Crippen molar-refractivity contribution < 1.29 is 8.42 Å². The second-order valence-electron chi connectivity index (χ2n) is 4.48. The third-order valence-electron chi connectivity index (χ3n) is 2.87. The van der Waals surface area contributed by atoms with Crippen LogP contribution >= 0.6 is 15.9 Å². The molecule has 20 heavy (non-hydrogen) atoms. The fraction of sp³-hybridized carbons (Fsp3) is 0.286. The number of hydrogen-bond donors (Lipinski definition) is 2. The quantitative estimate of drug-likeness (QED) is 0.782. The van der Waals surface area contributed by atoms with Crippen LogP contribution in [0, 0.1) is 0 Å². The van der Waals surface area contributed by atoms with Gasteiger partial charge in [0, 0.05) is 16.7 Å². The van der Waals surface area contributed by atoms with Crippen molar-refractivity contribution in [3.8, 4) is 0 Å². The lowest BCUT2D eigenvalue weighted by atomic mass is 10.1. The molecule has 2 rings (SSSR count). The Morgan fingerprint density at radius 1 is 1.10 bits per heavy atom. The van der Waals surface area contributed by atoms with Crippen molar-refractivity contribution >= 4 is 42.4 Å². The molecular weight excluding hydrogens is 340 g/mol. The summed E-state index contributed by atoms with van der Waals surface area (Å²) in [6.07, 6.45) is 0. The Morgan fingerprint density at radius 3 is 2.55 bits per heavy atom. The van der Waals surface area contributed by atoms with Crippen LogP contribution in [0.3, 0.4) is 0 Å². The molecule has 4 nitrogen and oxygen atoms in total. The molecule has 0 atom stereocenters. The predicted molar refractivity (Wildman–Crippen MR) is 87.6 cm³/mol. The number of fused-ring (bicyclic) bond motifs is 1. The van der Waals surface area contributed by atoms with E-state index in [4.69, 9.17) is 0 Å². The largest absolute Gasteiger partial charge is 0.316 e. The minimum absolute atomic E-state index is 0.0687. The van der Waals surface area contributed by atoms with Crippen molar-refractivity contribution in [1.29, 1.82) is 0 Å². The molecule has 0 saturated heterocycles. The van der Waals surface area contributed by atoms with E-state index in [0.717, 1.165) is 21.8 Å². The highest BCUT2D eigenvalue weighted by Crippen LogP contribution is 2.23. The molecule has 6 heteroatoms. The Hall–Kier alpha value is -1.11. The topological polar surface area (TPSA) is 58.2 Å². The highest BCUT2D eigenvalue weighted by Gasteiger charge is 2.10. The van der Waals surface area contributed by atoms with E-state index in [-0.39, 0.29) is 5.75 Å². The number of nitrogens with one attached hydrogen (secondary N) is 2. The molecule has 0 spiro atoms. The van der Waals surface area contributed by atoms with E-state index >= 15 is 0 Å². The van der Waals surface area contributed by atoms with E-state index in [2.05, 4.69) is 26.0 Å². The first kappa shape index (κ1) is 15.3. The fourth-order valence-electron chi connectivity index (χ4n) is 1.89. The van der Waals surface area contributed by atoms with E-state index in [9.17, 15) is 8.42 Å². The summed E-state index contributed by atoms with van der Waals surface area (Å²) in [5.41, 5.74) is 0.594. The van der Waals surface area contributed by atoms with Crippen molar-refractivity contribution in [2.24, 2.45) is 0 Å². The maximum Gasteiger partial charge on any atom is 0.233 e. The minimum atomic E-state index is -3.31. The van der Waals surface area contributed by atoms with Crippen LogP contribution < -0.4 is 10.0 Å². The molecule has 0 aliphatic carbocycles. The summed E-state index contributed by atoms with van der Waals surface area (Å²) < 4.78 is 27.4. The Morgan fingerprint density at radius 2 is 1.80 bits per heavy atom. The zero-order valence-electron chi connectivity index (χ0n) is 11.2. The van der Waals surface area contributed by atoms with Crippen LogP contribution in [0.2, 0.25) is 0 Å². The molecule has 108 valence electrons. The van der Waals surface area contributed by atoms with Crippen molar-refractivity contribution in [2.45, 2.75) is 6.92 Å². The summed E-state index contributed by atoms with van der Waals surface area (Å²) in [7, 11) is -3.31. The first-order valence-corrected chi connectivity index (χ1v) is 8.85. The Labute approximate surface area is 127 Å². The van der Waals surface area contributed by atoms with Gasteiger partial charge in [-0.3, -0.25) is 4.72 Å². The number of sulfonamides is 1. The van der Waals surface area contributed by atoms with Crippen LogP contribution in [0.4, 0.5) is 5.69 Å². The summed E-state index contributed by atoms with van der Waals surface area (Å²) in [6, 6.07) is 11.4. The van der Waals surface area contributed by atoms with Crippen LogP contribution in [0.25, 0.3) is 10.8 Å². The molecule has 0 bridgehead atoms. The molecule has 0 aromatic heterocycles. The molecule has 2 aromatic rings. The van der Waals surface area contributed by atoms with Crippen molar-refractivity contribution in [1.82, 2.24) is 5.32 Å². The minimum Gasteiger partial charge on any atom is -0.316 e. The van der Waals surface area contributed by atoms with E-state index in [1.54, 1.807) is 6.07 Å². The zero-order chi connectivity index (χ0) is 14.6. The van der Waals surface area contributed by atoms with E-state index < -0.39 is 10.0 Å². The smallest absolute Gasteiger partial charge is 0.233 e. The first-order valence-electron chi connectivity index (χ1n) is 6.41. The van der Waals surface area contributed by atoms with Gasteiger partial charge in [-0.1, -0.05) is 35.0 Å². The van der Waals surface area contributed by atoms with Crippen LogP contribution in [0.1, 0.15) is 6.92 Å². The average Bonchev–Trinajstić information content (AvgIpc) is 2.38. The Kier molecular flexibility index (Phi) is 5.01. The van der Waals surface area contributed by atoms with Crippen LogP contribution in [-0.4, -0.2) is 27.3 Å². The molecule has 0 saturated carbocycles. The second kappa shape index (κ2) is 6.56. The van der Waals surface area contributed by atoms with Crippen LogP contribution in [-0.2, 0) is 10.0 Å². The molecule has 0 amide bonds. The third kappa shape index (κ3) is 4.19. The molecule has 0 radical (unpaired) electrons. The van der Waals surface area contributed by atoms with Gasteiger partial charge in [-0.05, 0) is 41.6 Å². The SMILES string of the molecule is CCNCCS(=O)(=O)Nc1ccc2cc(Br)ccc2c1. The molecular formula is C14H17BrN2O2S. The van der Waals surface area contributed by atoms with Gasteiger partial charge in [-0.15, -0.1) is 0 Å². The lowest BCUT2D eigenvalue weighted by Crippen LogP contribution is -2.26. The highest BCUT2D eigenvalue weighted by molar-refractivity contribution is 9.10. The van der Waals surface area contributed by atoms with Gasteiger partial charge in [0.25, 0.3) is 0 Å². The van der Waals surface area contributed by atoms with Gasteiger partial charge in [0.1, 0.15) is 0 Å². The second-order valence-corrected chi connectivity index (χ2v) is 7.24. The van der Waals surface area contributed by atoms with Gasteiger partial charge >= 0.3 is 0 Å². The highest BCUT2D eigenvalue weighted by atomic mass is 79.9. The van der Waals surface area contributed by atoms with Crippen molar-refractivity contribution in [3.63, 3.8) is 0 Å². The molecule has 0 aliphatic rings. The van der Waals surface area contributed by atoms with Gasteiger partial charge in [0.15, 0.2) is 0 Å². The summed E-state index contributed by atoms with van der Waals surface area (Å²) in [4.78, 5) is 0. The Bertz CT molecular complexity index is 701. The predicted octanol–water partition coefficient (Wildman–Crippen LogP) is 2.95. The summed E-state index contributed by atoms with van der Waals surface area (Å²) in [5, 5.41) is 5.07. The number of halogens is 1. The zero-order valence-corrected chi connectivity index (χ0v) is 13.6. The summed E-state index contributed by atoms with van der Waals surface area (Å²) in [6.45, 7) is 3.16. The fourth-order valence-corrected chi connectivity index (χ4v) is 3.27. The van der Waals surface area contributed by atoms with Gasteiger partial charge in [-0.2, -0.15) is 0 Å². The van der Waals surface area contributed by atoms with Crippen LogP contribution in [0.5, 0.6) is 0 Å². The lowest BCUT2D eigenvalue weighted by molar-refractivity contribution is 0.597. The summed E-state index contributed by atoms with van der Waals surface area (Å²) in [5.74, 6) is 0.0687. The van der Waals surface area contributed by atoms with Gasteiger partial charge in [0.05, 0.1) is 5.75 Å². The standard InChI is InChI=1S/C14H17BrN2O2S/c1-2-16-7-8-20(18,19)17-14-6-4-11-9-13(15)5-3-12(11)10-14/h3-6,9-10,16-17H,2,7-8H2,1H3. The van der Waals surface area contributed by atoms with Gasteiger partial charge < -0.3 is 5.32 Å². The maximum atomic E-state index is 11.9. The van der Waals surface area contributed by atoms with Gasteiger partial charge in [-0.25, -0.2) is 8.42 Å². The number of anilines is 1. The average molecular weight is 357 g/mol. The van der Waals surface area contributed by atoms with Crippen LogP contribution in [0.15, 0.2) is 40.9 Å². The number of benzene rings is 2. The lowest BCUT2D eigenvalue weighted by Gasteiger charge is -2.09. The molecule has 0 fully saturated rings. The number of hydrogen-bond acceptors (Lipinski definition) is 3. The van der Waals surface area contributed by atoms with E-state index in [1.807, 2.05) is 37.3 Å². The third-order valence-corrected chi connectivity index (χ3v) is 4.65. The maximum absolute atomic E-state index is 11.9. The molecule has 2 aromatic carbocycles. The van der Waals surface area contributed by atoms with Crippen molar-refractivity contribution in [2.75, 3.05) is 23.6 Å². The number of rotatable bonds is 6. The normalized spacial score (nSPS) is 11.7. The monoisotopic (exact) mass is 356 g/mol. The molecule has 0 unspecified atom stereocenters. The van der Waals surface area contributed by atoms with E-state index in [0.29, 0.717) is 12.2 Å². The van der Waals surface area contributed by atoms with Crippen molar-refractivity contribution in [3.05, 3.63) is 40.9 Å². The summed E-state index contributed by atoms with van der Waals surface area (Å²) >= 11 is 3.42. The van der Waals surface area contributed by atoms with Gasteiger partial charge in [0.2, 0.25) is 10.0 Å². The molecule has 2 N–H and O–H groups in total. The molecule has 0 aliphatic heterocycles. The Balaban J connectivity index is 2.15. The van der Waals surface area contributed by atoms with E-state index in [1.165, 1.54) is 0 Å². The molecule has 0 heterocycles. The first-order chi connectivity index (χ1) is 9.50.